The van der Waals surface area contributed by atoms with Gasteiger partial charge in [0.2, 0.25) is 0 Å². The normalized spacial score (nSPS) is 33.3. The molecule has 25 heavy (non-hydrogen) atoms. The molecule has 0 amide bonds. The van der Waals surface area contributed by atoms with Gasteiger partial charge in [-0.3, -0.25) is 5.32 Å². The third-order valence-electron chi connectivity index (χ3n) is 5.74. The molecular formula is C18H20BN4OS+. The number of benzene rings is 1. The summed E-state index contributed by atoms with van der Waals surface area (Å²) in [6.07, 6.45) is 4.16. The Morgan fingerprint density at radius 3 is 2.80 bits per heavy atom. The first-order valence-electron chi connectivity index (χ1n) is 8.81. The van der Waals surface area contributed by atoms with Crippen LogP contribution in [0.4, 0.5) is 5.13 Å². The standard InChI is InChI=1S/C18H20BN4OS/c19-23-8-6-14(7-9-23)18(12-23)11-21-16(24-18)22-17-20-10-15(25-17)13-4-2-1-3-5-13/h1-5,10,14H,6-9,11-12H2,(H,20,21,22)/q+1. The number of hydrogen-bond donors (Lipinski definition) is 1. The summed E-state index contributed by atoms with van der Waals surface area (Å²) in [5.41, 5.74) is 0.957. The van der Waals surface area contributed by atoms with E-state index in [1.54, 1.807) is 11.3 Å². The van der Waals surface area contributed by atoms with E-state index >= 15 is 0 Å². The van der Waals surface area contributed by atoms with Crippen molar-refractivity contribution in [2.24, 2.45) is 10.9 Å². The minimum absolute atomic E-state index is 0.215. The number of piperidine rings is 3. The zero-order valence-electron chi connectivity index (χ0n) is 14.0. The van der Waals surface area contributed by atoms with Gasteiger partial charge >= 0.3 is 7.98 Å². The van der Waals surface area contributed by atoms with E-state index in [0.29, 0.717) is 22.9 Å². The number of nitrogens with zero attached hydrogens (tertiary/aromatic N) is 3. The number of aliphatic imine (C=N–C) groups is 1. The van der Waals surface area contributed by atoms with Gasteiger partial charge in [0, 0.05) is 25.0 Å². The van der Waals surface area contributed by atoms with E-state index in [2.05, 4.69) is 27.4 Å². The first kappa shape index (κ1) is 15.4. The maximum Gasteiger partial charge on any atom is 0.481 e. The first-order valence-corrected chi connectivity index (χ1v) is 9.62. The van der Waals surface area contributed by atoms with Gasteiger partial charge in [-0.15, -0.1) is 0 Å². The number of hydrogen-bond acceptors (Lipinski definition) is 5. The molecule has 6 rings (SSSR count). The van der Waals surface area contributed by atoms with E-state index in [0.717, 1.165) is 42.5 Å². The summed E-state index contributed by atoms with van der Waals surface area (Å²) in [4.78, 5) is 10.2. The fourth-order valence-electron chi connectivity index (χ4n) is 4.41. The molecule has 3 fully saturated rings. The number of aromatic nitrogens is 1. The van der Waals surface area contributed by atoms with Crippen LogP contribution < -0.4 is 5.32 Å². The van der Waals surface area contributed by atoms with Crippen LogP contribution in [-0.2, 0) is 4.74 Å². The predicted molar refractivity (Wildman–Crippen MR) is 101 cm³/mol. The minimum atomic E-state index is -0.215. The van der Waals surface area contributed by atoms with Gasteiger partial charge in [-0.05, 0) is 5.56 Å². The van der Waals surface area contributed by atoms with Crippen LogP contribution in [0.5, 0.6) is 0 Å². The molecule has 1 aromatic heterocycles. The van der Waals surface area contributed by atoms with E-state index in [4.69, 9.17) is 12.7 Å². The van der Waals surface area contributed by atoms with Crippen molar-refractivity contribution in [3.8, 4) is 10.4 Å². The van der Waals surface area contributed by atoms with Gasteiger partial charge in [0.25, 0.3) is 6.02 Å². The number of anilines is 1. The van der Waals surface area contributed by atoms with Gasteiger partial charge in [-0.25, -0.2) is 9.98 Å². The average molecular weight is 351 g/mol. The quantitative estimate of drug-likeness (QED) is 0.847. The number of fused-ring (bicyclic) bond motifs is 2. The highest BCUT2D eigenvalue weighted by Gasteiger charge is 2.57. The lowest BCUT2D eigenvalue weighted by Gasteiger charge is -2.55. The smallest absolute Gasteiger partial charge is 0.450 e. The van der Waals surface area contributed by atoms with Crippen molar-refractivity contribution in [1.29, 1.82) is 0 Å². The van der Waals surface area contributed by atoms with Crippen LogP contribution in [0.2, 0.25) is 0 Å². The number of quaternary nitrogens is 1. The summed E-state index contributed by atoms with van der Waals surface area (Å²) in [5, 5.41) is 4.07. The van der Waals surface area contributed by atoms with Gasteiger partial charge < -0.3 is 9.13 Å². The van der Waals surface area contributed by atoms with Gasteiger partial charge in [0.15, 0.2) is 10.7 Å². The highest BCUT2D eigenvalue weighted by molar-refractivity contribution is 7.19. The predicted octanol–water partition coefficient (Wildman–Crippen LogP) is 2.67. The van der Waals surface area contributed by atoms with Crippen molar-refractivity contribution in [3.63, 3.8) is 0 Å². The third-order valence-corrected chi connectivity index (χ3v) is 6.70. The van der Waals surface area contributed by atoms with Gasteiger partial charge in [0.05, 0.1) is 24.5 Å². The van der Waals surface area contributed by atoms with Crippen LogP contribution in [-0.4, -0.2) is 55.2 Å². The van der Waals surface area contributed by atoms with Crippen LogP contribution in [0.25, 0.3) is 10.4 Å². The molecule has 1 atom stereocenters. The SMILES string of the molecule is [B][N+]12CCC(CC1)C1(CN=C(Nc3ncc(-c4ccccc4)s3)O1)C2. The Morgan fingerprint density at radius 2 is 2.04 bits per heavy atom. The van der Waals surface area contributed by atoms with Gasteiger partial charge in [-0.2, -0.15) is 0 Å². The summed E-state index contributed by atoms with van der Waals surface area (Å²) in [6, 6.07) is 10.9. The lowest BCUT2D eigenvalue weighted by atomic mass is 9.72. The van der Waals surface area contributed by atoms with E-state index in [9.17, 15) is 0 Å². The summed E-state index contributed by atoms with van der Waals surface area (Å²) in [6.45, 7) is 3.69. The molecule has 2 aromatic rings. The largest absolute Gasteiger partial charge is 0.481 e. The molecule has 2 bridgehead atoms. The van der Waals surface area contributed by atoms with E-state index in [1.165, 1.54) is 5.56 Å². The Morgan fingerprint density at radius 1 is 1.24 bits per heavy atom. The van der Waals surface area contributed by atoms with Crippen molar-refractivity contribution >= 4 is 30.5 Å². The van der Waals surface area contributed by atoms with Crippen LogP contribution >= 0.6 is 11.3 Å². The molecule has 5 nitrogen and oxygen atoms in total. The van der Waals surface area contributed by atoms with Crippen molar-refractivity contribution < 1.29 is 9.13 Å². The second kappa shape index (κ2) is 5.57. The van der Waals surface area contributed by atoms with E-state index in [-0.39, 0.29) is 5.60 Å². The lowest BCUT2D eigenvalue weighted by molar-refractivity contribution is -0.845. The fraction of sp³-hybridized carbons (Fsp3) is 0.444. The molecule has 126 valence electrons. The number of thiazole rings is 1. The molecule has 1 spiro atoms. The Balaban J connectivity index is 1.30. The molecule has 4 aliphatic heterocycles. The third kappa shape index (κ3) is 2.66. The van der Waals surface area contributed by atoms with Crippen molar-refractivity contribution in [2.45, 2.75) is 18.4 Å². The molecule has 1 unspecified atom stereocenters. The number of rotatable bonds is 2. The van der Waals surface area contributed by atoms with Crippen LogP contribution in [0.15, 0.2) is 41.5 Å². The Hall–Kier alpha value is -1.86. The Labute approximate surface area is 152 Å². The maximum absolute atomic E-state index is 6.49. The molecule has 1 N–H and O–H groups in total. The topological polar surface area (TPSA) is 46.5 Å². The maximum atomic E-state index is 6.49. The second-order valence-corrected chi connectivity index (χ2v) is 8.44. The molecule has 4 aliphatic rings. The number of nitrogens with one attached hydrogen (secondary N) is 1. The van der Waals surface area contributed by atoms with Crippen molar-refractivity contribution in [1.82, 2.24) is 4.98 Å². The monoisotopic (exact) mass is 351 g/mol. The van der Waals surface area contributed by atoms with Crippen molar-refractivity contribution in [3.05, 3.63) is 36.5 Å². The molecule has 3 saturated heterocycles. The highest BCUT2D eigenvalue weighted by Crippen LogP contribution is 2.43. The molecule has 5 heterocycles. The Bertz CT molecular complexity index is 815. The Kier molecular flexibility index (Phi) is 3.43. The summed E-state index contributed by atoms with van der Waals surface area (Å²) in [7, 11) is 6.49. The zero-order valence-corrected chi connectivity index (χ0v) is 14.8. The van der Waals surface area contributed by atoms with Crippen LogP contribution in [0, 0.1) is 5.92 Å². The zero-order chi connectivity index (χ0) is 16.9. The van der Waals surface area contributed by atoms with Crippen molar-refractivity contribution in [2.75, 3.05) is 31.5 Å². The second-order valence-electron chi connectivity index (χ2n) is 7.41. The molecule has 0 aliphatic carbocycles. The molecular weight excluding hydrogens is 331 g/mol. The fourth-order valence-corrected chi connectivity index (χ4v) is 5.22. The van der Waals surface area contributed by atoms with E-state index < -0.39 is 0 Å². The lowest BCUT2D eigenvalue weighted by Crippen LogP contribution is -2.69. The summed E-state index contributed by atoms with van der Waals surface area (Å²) in [5.74, 6) is 0.565. The molecule has 0 saturated carbocycles. The van der Waals surface area contributed by atoms with E-state index in [1.807, 2.05) is 24.4 Å². The molecule has 7 heteroatoms. The van der Waals surface area contributed by atoms with Crippen LogP contribution in [0.1, 0.15) is 12.8 Å². The summed E-state index contributed by atoms with van der Waals surface area (Å²) >= 11 is 1.61. The first-order chi connectivity index (χ1) is 12.1. The van der Waals surface area contributed by atoms with Gasteiger partial charge in [-0.1, -0.05) is 41.7 Å². The van der Waals surface area contributed by atoms with Crippen LogP contribution in [0.3, 0.4) is 0 Å². The number of ether oxygens (including phenoxy) is 1. The van der Waals surface area contributed by atoms with Gasteiger partial charge in [0.1, 0.15) is 6.54 Å². The number of amidine groups is 1. The molecule has 1 aromatic carbocycles. The average Bonchev–Trinajstić information content (AvgIpc) is 3.24. The highest BCUT2D eigenvalue weighted by atomic mass is 32.1. The molecule has 2 radical (unpaired) electrons. The summed E-state index contributed by atoms with van der Waals surface area (Å²) < 4.78 is 6.95. The minimum Gasteiger partial charge on any atom is -0.450 e.